The molecular formula is C26H28N2O14P2. The zero-order valence-electron chi connectivity index (χ0n) is 23.0. The molecular weight excluding hydrogens is 626 g/mol. The lowest BCUT2D eigenvalue weighted by Gasteiger charge is -2.25. The van der Waals surface area contributed by atoms with Gasteiger partial charge < -0.3 is 24.0 Å². The molecule has 0 spiro atoms. The van der Waals surface area contributed by atoms with Gasteiger partial charge in [0.05, 0.1) is 24.3 Å². The minimum atomic E-state index is -5.31. The van der Waals surface area contributed by atoms with E-state index in [0.717, 1.165) is 16.8 Å². The Morgan fingerprint density at radius 2 is 1.41 bits per heavy atom. The molecule has 3 aromatic rings. The molecule has 1 aromatic heterocycles. The second-order valence-electron chi connectivity index (χ2n) is 9.20. The number of nitrogens with one attached hydrogen (secondary N) is 1. The molecule has 6 atom stereocenters. The van der Waals surface area contributed by atoms with E-state index in [0.29, 0.717) is 6.42 Å². The number of rotatable bonds is 13. The first-order chi connectivity index (χ1) is 20.9. The van der Waals surface area contributed by atoms with Gasteiger partial charge in [-0.05, 0) is 30.7 Å². The first-order valence-electron chi connectivity index (χ1n) is 13.0. The molecule has 236 valence electrons. The van der Waals surface area contributed by atoms with Crippen LogP contribution in [-0.4, -0.2) is 62.8 Å². The molecule has 1 fully saturated rings. The number of H-pyrrole nitrogens is 1. The van der Waals surface area contributed by atoms with Crippen LogP contribution in [0.1, 0.15) is 40.3 Å². The predicted molar refractivity (Wildman–Crippen MR) is 149 cm³/mol. The van der Waals surface area contributed by atoms with Gasteiger partial charge in [-0.15, -0.1) is 0 Å². The lowest BCUT2D eigenvalue weighted by molar-refractivity contribution is -0.0598. The monoisotopic (exact) mass is 654 g/mol. The number of phosphoric ester groups is 2. The Morgan fingerprint density at radius 1 is 0.864 bits per heavy atom. The van der Waals surface area contributed by atoms with Crippen molar-refractivity contribution in [3.63, 3.8) is 0 Å². The highest BCUT2D eigenvalue weighted by atomic mass is 31.3. The summed E-state index contributed by atoms with van der Waals surface area (Å²) in [5, 5.41) is 0. The number of ether oxygens (including phenoxy) is 3. The highest BCUT2D eigenvalue weighted by molar-refractivity contribution is 7.61. The first-order valence-corrected chi connectivity index (χ1v) is 16.0. The van der Waals surface area contributed by atoms with Crippen LogP contribution >= 0.6 is 15.6 Å². The summed E-state index contributed by atoms with van der Waals surface area (Å²) in [6.07, 6.45) is -4.96. The third kappa shape index (κ3) is 8.68. The van der Waals surface area contributed by atoms with Crippen molar-refractivity contribution in [2.75, 3.05) is 13.2 Å². The number of hydrogen-bond acceptors (Lipinski definition) is 12. The molecule has 2 heterocycles. The smallest absolute Gasteiger partial charge is 0.452 e. The van der Waals surface area contributed by atoms with Crippen molar-refractivity contribution in [3.8, 4) is 0 Å². The second kappa shape index (κ2) is 14.4. The van der Waals surface area contributed by atoms with Gasteiger partial charge >= 0.3 is 33.3 Å². The van der Waals surface area contributed by atoms with Gasteiger partial charge in [0.15, 0.2) is 18.4 Å². The number of hydrogen-bond donors (Lipinski definition) is 3. The first kappa shape index (κ1) is 33.2. The zero-order chi connectivity index (χ0) is 31.9. The molecule has 0 radical (unpaired) electrons. The van der Waals surface area contributed by atoms with Crippen molar-refractivity contribution in [2.45, 2.75) is 37.9 Å². The van der Waals surface area contributed by atoms with Crippen molar-refractivity contribution in [3.05, 3.63) is 105 Å². The van der Waals surface area contributed by atoms with E-state index >= 15 is 0 Å². The van der Waals surface area contributed by atoms with E-state index in [1.54, 1.807) is 43.3 Å². The Kier molecular flexibility index (Phi) is 10.8. The highest BCUT2D eigenvalue weighted by Crippen LogP contribution is 2.60. The van der Waals surface area contributed by atoms with Gasteiger partial charge in [0.25, 0.3) is 5.56 Å². The summed E-state index contributed by atoms with van der Waals surface area (Å²) in [5.74, 6) is -1.83. The number of phosphoric acid groups is 2. The van der Waals surface area contributed by atoms with Crippen molar-refractivity contribution >= 4 is 27.6 Å². The Morgan fingerprint density at radius 3 is 1.95 bits per heavy atom. The molecule has 3 N–H and O–H groups in total. The van der Waals surface area contributed by atoms with E-state index in [4.69, 9.17) is 18.7 Å². The summed E-state index contributed by atoms with van der Waals surface area (Å²) >= 11 is 0. The highest BCUT2D eigenvalue weighted by Gasteiger charge is 2.52. The molecule has 1 aliphatic rings. The van der Waals surface area contributed by atoms with Gasteiger partial charge in [-0.1, -0.05) is 43.3 Å². The molecule has 1 saturated heterocycles. The summed E-state index contributed by atoms with van der Waals surface area (Å²) in [6, 6.07) is 16.3. The van der Waals surface area contributed by atoms with Crippen molar-refractivity contribution < 1.29 is 56.1 Å². The number of carbonyl (C=O) groups excluding carboxylic acids is 2. The van der Waals surface area contributed by atoms with Crippen LogP contribution in [0.2, 0.25) is 0 Å². The van der Waals surface area contributed by atoms with Crippen LogP contribution in [0, 0.1) is 0 Å². The van der Waals surface area contributed by atoms with E-state index in [9.17, 15) is 38.1 Å². The average Bonchev–Trinajstić information content (AvgIpc) is 3.31. The summed E-state index contributed by atoms with van der Waals surface area (Å²) in [4.78, 5) is 72.5. The maximum Gasteiger partial charge on any atom is 0.481 e. The van der Waals surface area contributed by atoms with Crippen molar-refractivity contribution in [2.24, 2.45) is 0 Å². The third-order valence-corrected chi connectivity index (χ3v) is 8.62. The summed E-state index contributed by atoms with van der Waals surface area (Å²) < 4.78 is 56.4. The topological polar surface area (TPSA) is 219 Å². The standard InChI is InChI=1S/C26H28N2O14P2/c1-2-15-37-43(33,34)42-44(35,36)38-16-19-21(40-24(30)17-9-5-3-6-10-17)22(41-25(31)18-11-7-4-8-12-18)23(39-19)28-14-13-20(29)27-26(28)32/h3-14,19,21-23H,2,15-16H2,1H3,(H,33,34)(H,35,36)(H,27,29,32)/t19-,21?,22?,23-/m1/s1. The van der Waals surface area contributed by atoms with E-state index in [-0.39, 0.29) is 17.7 Å². The van der Waals surface area contributed by atoms with Gasteiger partial charge in [-0.3, -0.25) is 23.4 Å². The molecule has 0 aliphatic carbocycles. The van der Waals surface area contributed by atoms with Crippen molar-refractivity contribution in [1.82, 2.24) is 9.55 Å². The minimum Gasteiger partial charge on any atom is -0.452 e. The number of esters is 2. The van der Waals surface area contributed by atoms with Crippen LogP contribution in [0.15, 0.2) is 82.5 Å². The molecule has 1 aliphatic heterocycles. The fourth-order valence-corrected chi connectivity index (χ4v) is 6.21. The molecule has 44 heavy (non-hydrogen) atoms. The fraction of sp³-hybridized carbons (Fsp3) is 0.308. The average molecular weight is 654 g/mol. The normalized spacial score (nSPS) is 22.4. The predicted octanol–water partition coefficient (Wildman–Crippen LogP) is 2.55. The van der Waals surface area contributed by atoms with E-state index in [1.807, 2.05) is 4.98 Å². The number of carbonyl (C=O) groups is 2. The number of aromatic nitrogens is 2. The van der Waals surface area contributed by atoms with Crippen LogP contribution in [0.3, 0.4) is 0 Å². The van der Waals surface area contributed by atoms with E-state index in [1.165, 1.54) is 24.3 Å². The Labute approximate surface area is 249 Å². The Hall–Kier alpha value is -3.72. The van der Waals surface area contributed by atoms with Crippen LogP contribution in [0.25, 0.3) is 0 Å². The molecule has 0 amide bonds. The van der Waals surface area contributed by atoms with E-state index < -0.39 is 70.0 Å². The molecule has 16 nitrogen and oxygen atoms in total. The zero-order valence-corrected chi connectivity index (χ0v) is 24.8. The largest absolute Gasteiger partial charge is 0.481 e. The lowest BCUT2D eigenvalue weighted by atomic mass is 10.1. The summed E-state index contributed by atoms with van der Waals surface area (Å²) in [5.41, 5.74) is -1.56. The van der Waals surface area contributed by atoms with Crippen LogP contribution in [0.4, 0.5) is 0 Å². The third-order valence-electron chi connectivity index (χ3n) is 5.98. The SMILES string of the molecule is CCCOP(=O)(O)OP(=O)(O)OC[C@H]1O[C@@H](n2ccc(=O)[nH]c2=O)C(OC(=O)c2ccccc2)C1OC(=O)c1ccccc1. The molecule has 0 saturated carbocycles. The Balaban J connectivity index is 1.69. The summed E-state index contributed by atoms with van der Waals surface area (Å²) in [7, 11) is -10.3. The number of aromatic amines is 1. The van der Waals surface area contributed by atoms with Gasteiger partial charge in [-0.2, -0.15) is 4.31 Å². The maximum absolute atomic E-state index is 13.1. The molecule has 0 bridgehead atoms. The Bertz CT molecular complexity index is 1660. The van der Waals surface area contributed by atoms with Gasteiger partial charge in [-0.25, -0.2) is 23.5 Å². The van der Waals surface area contributed by atoms with E-state index in [2.05, 4.69) is 8.83 Å². The quantitative estimate of drug-likeness (QED) is 0.178. The molecule has 4 rings (SSSR count). The maximum atomic E-state index is 13.1. The van der Waals surface area contributed by atoms with Crippen LogP contribution in [-0.2, 0) is 36.7 Å². The molecule has 2 aromatic carbocycles. The lowest BCUT2D eigenvalue weighted by Crippen LogP contribution is -2.42. The van der Waals surface area contributed by atoms with Gasteiger partial charge in [0.2, 0.25) is 0 Å². The van der Waals surface area contributed by atoms with Crippen LogP contribution < -0.4 is 11.2 Å². The minimum absolute atomic E-state index is 0.0791. The van der Waals surface area contributed by atoms with Crippen LogP contribution in [0.5, 0.6) is 0 Å². The number of nitrogens with zero attached hydrogens (tertiary/aromatic N) is 1. The number of benzene rings is 2. The summed E-state index contributed by atoms with van der Waals surface area (Å²) in [6.45, 7) is 0.415. The molecule has 18 heteroatoms. The van der Waals surface area contributed by atoms with Gasteiger partial charge in [0.1, 0.15) is 6.10 Å². The van der Waals surface area contributed by atoms with Gasteiger partial charge in [0, 0.05) is 12.3 Å². The molecule has 4 unspecified atom stereocenters. The van der Waals surface area contributed by atoms with Crippen molar-refractivity contribution in [1.29, 1.82) is 0 Å². The second-order valence-corrected chi connectivity index (χ2v) is 12.2. The fourth-order valence-electron chi connectivity index (χ4n) is 4.05.